The van der Waals surface area contributed by atoms with Gasteiger partial charge in [0.05, 0.1) is 0 Å². The number of nitrogens with zero attached hydrogens (tertiary/aromatic N) is 1. The van der Waals surface area contributed by atoms with E-state index in [0.717, 1.165) is 38.9 Å². The van der Waals surface area contributed by atoms with Crippen molar-refractivity contribution in [3.63, 3.8) is 0 Å². The minimum absolute atomic E-state index is 0.0357. The molecule has 4 N–H and O–H groups in total. The summed E-state index contributed by atoms with van der Waals surface area (Å²) in [5.74, 6) is 0.110. The molecule has 0 heterocycles. The summed E-state index contributed by atoms with van der Waals surface area (Å²) in [6, 6.07) is 7.20. The molecule has 0 unspecified atom stereocenters. The molecule has 1 aliphatic carbocycles. The highest BCUT2D eigenvalue weighted by Crippen LogP contribution is 2.27. The SMILES string of the molecule is CCN(CC)CCNC(=O)c1cccc(NC(=O)C[C@@H]2CCC[C@H]2N)c1. The van der Waals surface area contributed by atoms with Gasteiger partial charge in [-0.2, -0.15) is 0 Å². The number of benzene rings is 1. The molecular formula is C20H32N4O2. The average Bonchev–Trinajstić information content (AvgIpc) is 3.03. The molecule has 0 saturated heterocycles. The number of rotatable bonds is 9. The quantitative estimate of drug-likeness (QED) is 0.630. The summed E-state index contributed by atoms with van der Waals surface area (Å²) in [5, 5.41) is 5.83. The molecule has 0 bridgehead atoms. The minimum Gasteiger partial charge on any atom is -0.351 e. The normalized spacial score (nSPS) is 19.5. The van der Waals surface area contributed by atoms with Crippen molar-refractivity contribution in [2.45, 2.75) is 45.6 Å². The Morgan fingerprint density at radius 3 is 2.65 bits per heavy atom. The Kier molecular flexibility index (Phi) is 8.06. The van der Waals surface area contributed by atoms with E-state index in [2.05, 4.69) is 29.4 Å². The smallest absolute Gasteiger partial charge is 0.251 e. The van der Waals surface area contributed by atoms with E-state index in [1.165, 1.54) is 0 Å². The van der Waals surface area contributed by atoms with E-state index in [1.54, 1.807) is 24.3 Å². The van der Waals surface area contributed by atoms with Crippen LogP contribution in [0.1, 0.15) is 49.9 Å². The molecule has 0 spiro atoms. The highest BCUT2D eigenvalue weighted by molar-refractivity contribution is 5.97. The van der Waals surface area contributed by atoms with Gasteiger partial charge in [-0.15, -0.1) is 0 Å². The molecule has 1 fully saturated rings. The molecule has 144 valence electrons. The third-order valence-corrected chi connectivity index (χ3v) is 5.18. The van der Waals surface area contributed by atoms with Crippen LogP contribution in [-0.4, -0.2) is 48.9 Å². The average molecular weight is 361 g/mol. The highest BCUT2D eigenvalue weighted by Gasteiger charge is 2.26. The molecule has 26 heavy (non-hydrogen) atoms. The van der Waals surface area contributed by atoms with E-state index in [-0.39, 0.29) is 23.8 Å². The summed E-state index contributed by atoms with van der Waals surface area (Å²) in [6.45, 7) is 7.59. The van der Waals surface area contributed by atoms with Crippen molar-refractivity contribution in [3.05, 3.63) is 29.8 Å². The van der Waals surface area contributed by atoms with Gasteiger partial charge in [-0.3, -0.25) is 9.59 Å². The van der Waals surface area contributed by atoms with E-state index >= 15 is 0 Å². The van der Waals surface area contributed by atoms with Gasteiger partial charge in [0.25, 0.3) is 5.91 Å². The maximum absolute atomic E-state index is 12.3. The predicted octanol–water partition coefficient (Wildman–Crippen LogP) is 2.21. The summed E-state index contributed by atoms with van der Waals surface area (Å²) in [4.78, 5) is 26.8. The van der Waals surface area contributed by atoms with E-state index in [0.29, 0.717) is 24.2 Å². The second kappa shape index (κ2) is 10.3. The molecule has 2 rings (SSSR count). The van der Waals surface area contributed by atoms with Crippen molar-refractivity contribution in [2.75, 3.05) is 31.5 Å². The maximum atomic E-state index is 12.3. The van der Waals surface area contributed by atoms with Crippen LogP contribution in [0, 0.1) is 5.92 Å². The lowest BCUT2D eigenvalue weighted by molar-refractivity contribution is -0.117. The van der Waals surface area contributed by atoms with Crippen LogP contribution in [0.2, 0.25) is 0 Å². The van der Waals surface area contributed by atoms with Crippen LogP contribution in [-0.2, 0) is 4.79 Å². The summed E-state index contributed by atoms with van der Waals surface area (Å²) in [5.41, 5.74) is 7.24. The van der Waals surface area contributed by atoms with Crippen LogP contribution >= 0.6 is 0 Å². The van der Waals surface area contributed by atoms with Crippen LogP contribution in [0.5, 0.6) is 0 Å². The highest BCUT2D eigenvalue weighted by atomic mass is 16.2. The van der Waals surface area contributed by atoms with E-state index in [1.807, 2.05) is 0 Å². The van der Waals surface area contributed by atoms with Crippen LogP contribution < -0.4 is 16.4 Å². The maximum Gasteiger partial charge on any atom is 0.251 e. The largest absolute Gasteiger partial charge is 0.351 e. The molecule has 6 nitrogen and oxygen atoms in total. The molecule has 6 heteroatoms. The van der Waals surface area contributed by atoms with Gasteiger partial charge in [0.2, 0.25) is 5.91 Å². The van der Waals surface area contributed by atoms with Crippen LogP contribution in [0.3, 0.4) is 0 Å². The first-order valence-electron chi connectivity index (χ1n) is 9.69. The second-order valence-electron chi connectivity index (χ2n) is 6.97. The lowest BCUT2D eigenvalue weighted by atomic mass is 10.00. The zero-order valence-electron chi connectivity index (χ0n) is 16.0. The minimum atomic E-state index is -0.119. The van der Waals surface area contributed by atoms with Crippen molar-refractivity contribution in [1.82, 2.24) is 10.2 Å². The van der Waals surface area contributed by atoms with Crippen molar-refractivity contribution in [3.8, 4) is 0 Å². The Bertz CT molecular complexity index is 601. The Morgan fingerprint density at radius 1 is 1.23 bits per heavy atom. The molecule has 2 amide bonds. The molecule has 2 atom stereocenters. The Hall–Kier alpha value is -1.92. The van der Waals surface area contributed by atoms with E-state index < -0.39 is 0 Å². The van der Waals surface area contributed by atoms with E-state index in [9.17, 15) is 9.59 Å². The Labute approximate surface area is 156 Å². The number of likely N-dealkylation sites (N-methyl/N-ethyl adjacent to an activating group) is 1. The Morgan fingerprint density at radius 2 is 2.00 bits per heavy atom. The monoisotopic (exact) mass is 360 g/mol. The molecule has 0 aromatic heterocycles. The number of carbonyl (C=O) groups excluding carboxylic acids is 2. The van der Waals surface area contributed by atoms with Crippen LogP contribution in [0.4, 0.5) is 5.69 Å². The molecule has 0 radical (unpaired) electrons. The van der Waals surface area contributed by atoms with Crippen LogP contribution in [0.15, 0.2) is 24.3 Å². The summed E-state index contributed by atoms with van der Waals surface area (Å²) in [7, 11) is 0. The van der Waals surface area contributed by atoms with E-state index in [4.69, 9.17) is 5.73 Å². The molecule has 0 aliphatic heterocycles. The number of anilines is 1. The lowest BCUT2D eigenvalue weighted by Gasteiger charge is -2.18. The number of nitrogens with two attached hydrogens (primary N) is 1. The molecule has 1 aromatic rings. The van der Waals surface area contributed by atoms with Gasteiger partial charge >= 0.3 is 0 Å². The van der Waals surface area contributed by atoms with Crippen molar-refractivity contribution in [1.29, 1.82) is 0 Å². The topological polar surface area (TPSA) is 87.5 Å². The van der Waals surface area contributed by atoms with Gasteiger partial charge in [0, 0.05) is 36.8 Å². The number of amides is 2. The molecule has 1 aromatic carbocycles. The fraction of sp³-hybridized carbons (Fsp3) is 0.600. The number of hydrogen-bond donors (Lipinski definition) is 3. The number of hydrogen-bond acceptors (Lipinski definition) is 4. The van der Waals surface area contributed by atoms with Crippen molar-refractivity contribution >= 4 is 17.5 Å². The van der Waals surface area contributed by atoms with Gasteiger partial charge in [0.15, 0.2) is 0 Å². The van der Waals surface area contributed by atoms with Gasteiger partial charge in [-0.25, -0.2) is 0 Å². The predicted molar refractivity (Wildman–Crippen MR) is 105 cm³/mol. The van der Waals surface area contributed by atoms with Gasteiger partial charge < -0.3 is 21.3 Å². The van der Waals surface area contributed by atoms with Crippen molar-refractivity contribution < 1.29 is 9.59 Å². The van der Waals surface area contributed by atoms with Crippen LogP contribution in [0.25, 0.3) is 0 Å². The summed E-state index contributed by atoms with van der Waals surface area (Å²) < 4.78 is 0. The number of carbonyl (C=O) groups is 2. The number of nitrogens with one attached hydrogen (secondary N) is 2. The first kappa shape index (κ1) is 20.4. The molecule has 1 aliphatic rings. The summed E-state index contributed by atoms with van der Waals surface area (Å²) in [6.07, 6.45) is 3.56. The molecule has 1 saturated carbocycles. The fourth-order valence-electron chi connectivity index (χ4n) is 3.48. The zero-order valence-corrected chi connectivity index (χ0v) is 16.0. The fourth-order valence-corrected chi connectivity index (χ4v) is 3.48. The first-order chi connectivity index (χ1) is 12.5. The third-order valence-electron chi connectivity index (χ3n) is 5.18. The standard InChI is InChI=1S/C20H32N4O2/c1-3-24(4-2)12-11-22-20(26)16-8-5-9-17(13-16)23-19(25)14-15-7-6-10-18(15)21/h5,8-9,13,15,18H,3-4,6-7,10-12,14,21H2,1-2H3,(H,22,26)(H,23,25)/t15-,18+/m0/s1. The van der Waals surface area contributed by atoms with Gasteiger partial charge in [-0.05, 0) is 50.0 Å². The third kappa shape index (κ3) is 6.11. The molecular weight excluding hydrogens is 328 g/mol. The van der Waals surface area contributed by atoms with Gasteiger partial charge in [0.1, 0.15) is 0 Å². The van der Waals surface area contributed by atoms with Gasteiger partial charge in [-0.1, -0.05) is 26.3 Å². The lowest BCUT2D eigenvalue weighted by Crippen LogP contribution is -2.34. The first-order valence-corrected chi connectivity index (χ1v) is 9.69. The zero-order chi connectivity index (χ0) is 18.9. The summed E-state index contributed by atoms with van der Waals surface area (Å²) >= 11 is 0. The Balaban J connectivity index is 1.84. The van der Waals surface area contributed by atoms with Crippen molar-refractivity contribution in [2.24, 2.45) is 11.7 Å². The second-order valence-corrected chi connectivity index (χ2v) is 6.97.